The molecular weight excluding hydrogens is 312 g/mol. The molecule has 0 unspecified atom stereocenters. The number of hydrogen-bond acceptors (Lipinski definition) is 0. The summed E-state index contributed by atoms with van der Waals surface area (Å²) in [6.07, 6.45) is 2.10. The van der Waals surface area contributed by atoms with Crippen LogP contribution in [0.25, 0.3) is 43.1 Å². The molecule has 0 amide bonds. The molecule has 0 radical (unpaired) electrons. The van der Waals surface area contributed by atoms with Gasteiger partial charge in [-0.25, -0.2) is 0 Å². The first-order chi connectivity index (χ1) is 12.8. The number of hydrogen-bond donors (Lipinski definition) is 0. The first-order valence-electron chi connectivity index (χ1n) is 9.59. The van der Waals surface area contributed by atoms with E-state index < -0.39 is 0 Å². The molecule has 0 saturated carbocycles. The third-order valence-electron chi connectivity index (χ3n) is 5.78. The molecule has 5 rings (SSSR count). The average molecular weight is 334 g/mol. The van der Waals surface area contributed by atoms with Gasteiger partial charge in [0.15, 0.2) is 0 Å². The summed E-state index contributed by atoms with van der Waals surface area (Å²) >= 11 is 0. The minimum Gasteiger partial charge on any atom is -0.0616 e. The topological polar surface area (TPSA) is 0 Å². The zero-order valence-electron chi connectivity index (χ0n) is 15.3. The molecule has 0 bridgehead atoms. The summed E-state index contributed by atoms with van der Waals surface area (Å²) in [4.78, 5) is 0. The van der Waals surface area contributed by atoms with Crippen molar-refractivity contribution in [1.29, 1.82) is 0 Å². The summed E-state index contributed by atoms with van der Waals surface area (Å²) in [7, 11) is 0. The molecule has 0 N–H and O–H groups in total. The molecule has 0 spiro atoms. The van der Waals surface area contributed by atoms with E-state index >= 15 is 0 Å². The van der Waals surface area contributed by atoms with Gasteiger partial charge in [-0.05, 0) is 91.3 Å². The van der Waals surface area contributed by atoms with E-state index in [0.717, 1.165) is 12.8 Å². The average Bonchev–Trinajstić information content (AvgIpc) is 2.69. The van der Waals surface area contributed by atoms with Gasteiger partial charge in [0.1, 0.15) is 0 Å². The van der Waals surface area contributed by atoms with Gasteiger partial charge in [-0.1, -0.05) is 62.4 Å². The first-order valence-corrected chi connectivity index (χ1v) is 9.59. The SMILES string of the molecule is CCc1c2cc3ccccc3cc2c(CC)c2cc3ccccc3cc12. The fraction of sp³-hybridized carbons (Fsp3) is 0.154. The van der Waals surface area contributed by atoms with Crippen LogP contribution in [0.5, 0.6) is 0 Å². The lowest BCUT2D eigenvalue weighted by atomic mass is 9.87. The predicted octanol–water partition coefficient (Wildman–Crippen LogP) is 7.42. The van der Waals surface area contributed by atoms with Gasteiger partial charge in [0, 0.05) is 0 Å². The van der Waals surface area contributed by atoms with Crippen LogP contribution in [0.15, 0.2) is 72.8 Å². The van der Waals surface area contributed by atoms with Crippen LogP contribution in [-0.4, -0.2) is 0 Å². The highest BCUT2D eigenvalue weighted by atomic mass is 14.2. The molecule has 0 aliphatic heterocycles. The van der Waals surface area contributed by atoms with Crippen LogP contribution in [0.2, 0.25) is 0 Å². The van der Waals surface area contributed by atoms with Gasteiger partial charge in [-0.3, -0.25) is 0 Å². The largest absolute Gasteiger partial charge is 0.0616 e. The molecule has 0 atom stereocenters. The molecular formula is C26H22. The van der Waals surface area contributed by atoms with E-state index in [1.165, 1.54) is 54.2 Å². The molecule has 0 saturated heterocycles. The molecule has 0 aromatic heterocycles. The van der Waals surface area contributed by atoms with Crippen molar-refractivity contribution in [3.05, 3.63) is 83.9 Å². The van der Waals surface area contributed by atoms with Crippen molar-refractivity contribution in [3.63, 3.8) is 0 Å². The van der Waals surface area contributed by atoms with Crippen molar-refractivity contribution in [2.24, 2.45) is 0 Å². The van der Waals surface area contributed by atoms with E-state index in [9.17, 15) is 0 Å². The number of fused-ring (bicyclic) bond motifs is 4. The highest BCUT2D eigenvalue weighted by molar-refractivity contribution is 6.13. The minimum atomic E-state index is 1.05. The Bertz CT molecular complexity index is 1090. The van der Waals surface area contributed by atoms with E-state index in [-0.39, 0.29) is 0 Å². The van der Waals surface area contributed by atoms with E-state index in [0.29, 0.717) is 0 Å². The quantitative estimate of drug-likeness (QED) is 0.295. The van der Waals surface area contributed by atoms with Gasteiger partial charge in [-0.2, -0.15) is 0 Å². The van der Waals surface area contributed by atoms with E-state index in [1.54, 1.807) is 0 Å². The fourth-order valence-corrected chi connectivity index (χ4v) is 4.53. The molecule has 0 nitrogen and oxygen atoms in total. The second-order valence-corrected chi connectivity index (χ2v) is 7.15. The minimum absolute atomic E-state index is 1.05. The van der Waals surface area contributed by atoms with Crippen LogP contribution in [-0.2, 0) is 12.8 Å². The maximum absolute atomic E-state index is 2.40. The van der Waals surface area contributed by atoms with E-state index in [2.05, 4.69) is 86.6 Å². The van der Waals surface area contributed by atoms with E-state index in [1.807, 2.05) is 0 Å². The van der Waals surface area contributed by atoms with Crippen LogP contribution >= 0.6 is 0 Å². The van der Waals surface area contributed by atoms with Gasteiger partial charge >= 0.3 is 0 Å². The van der Waals surface area contributed by atoms with Crippen molar-refractivity contribution in [3.8, 4) is 0 Å². The van der Waals surface area contributed by atoms with Crippen molar-refractivity contribution < 1.29 is 0 Å². The lowest BCUT2D eigenvalue weighted by molar-refractivity contribution is 1.16. The molecule has 5 aromatic carbocycles. The zero-order chi connectivity index (χ0) is 17.7. The Morgan fingerprint density at radius 2 is 0.731 bits per heavy atom. The second kappa shape index (κ2) is 5.85. The molecule has 0 heteroatoms. The lowest BCUT2D eigenvalue weighted by Crippen LogP contribution is -1.95. The molecule has 0 aliphatic rings. The Kier molecular flexibility index (Phi) is 3.46. The summed E-state index contributed by atoms with van der Waals surface area (Å²) in [5, 5.41) is 11.0. The number of benzene rings is 5. The third-order valence-corrected chi connectivity index (χ3v) is 5.78. The normalized spacial score (nSPS) is 11.8. The Balaban J connectivity index is 2.06. The molecule has 5 aromatic rings. The Morgan fingerprint density at radius 1 is 0.462 bits per heavy atom. The van der Waals surface area contributed by atoms with Crippen molar-refractivity contribution in [2.45, 2.75) is 26.7 Å². The van der Waals surface area contributed by atoms with Crippen molar-refractivity contribution in [1.82, 2.24) is 0 Å². The third kappa shape index (κ3) is 2.15. The van der Waals surface area contributed by atoms with Crippen molar-refractivity contribution >= 4 is 43.1 Å². The standard InChI is InChI=1S/C26H22/c1-3-21-23-13-17-9-5-7-11-19(17)15-25(23)22(4-2)26-16-20-12-8-6-10-18(20)14-24(21)26/h5-16H,3-4H2,1-2H3. The second-order valence-electron chi connectivity index (χ2n) is 7.15. The lowest BCUT2D eigenvalue weighted by Gasteiger charge is -2.17. The summed E-state index contributed by atoms with van der Waals surface area (Å²) in [6, 6.07) is 27.0. The number of rotatable bonds is 2. The number of aryl methyl sites for hydroxylation is 2. The van der Waals surface area contributed by atoms with Crippen LogP contribution < -0.4 is 0 Å². The summed E-state index contributed by atoms with van der Waals surface area (Å²) in [5.41, 5.74) is 2.95. The highest BCUT2D eigenvalue weighted by Gasteiger charge is 2.14. The smallest absolute Gasteiger partial charge is 0.0136 e. The van der Waals surface area contributed by atoms with E-state index in [4.69, 9.17) is 0 Å². The van der Waals surface area contributed by atoms with Gasteiger partial charge in [0.2, 0.25) is 0 Å². The molecule has 0 heterocycles. The molecule has 126 valence electrons. The zero-order valence-corrected chi connectivity index (χ0v) is 15.3. The van der Waals surface area contributed by atoms with Crippen LogP contribution in [0.3, 0.4) is 0 Å². The van der Waals surface area contributed by atoms with Crippen molar-refractivity contribution in [2.75, 3.05) is 0 Å². The Labute approximate surface area is 154 Å². The fourth-order valence-electron chi connectivity index (χ4n) is 4.53. The monoisotopic (exact) mass is 334 g/mol. The Morgan fingerprint density at radius 3 is 0.962 bits per heavy atom. The summed E-state index contributed by atoms with van der Waals surface area (Å²) in [5.74, 6) is 0. The summed E-state index contributed by atoms with van der Waals surface area (Å²) in [6.45, 7) is 4.56. The maximum atomic E-state index is 2.40. The van der Waals surface area contributed by atoms with Gasteiger partial charge in [-0.15, -0.1) is 0 Å². The van der Waals surface area contributed by atoms with Gasteiger partial charge in [0.05, 0.1) is 0 Å². The molecule has 0 fully saturated rings. The van der Waals surface area contributed by atoms with Crippen LogP contribution in [0.1, 0.15) is 25.0 Å². The Hall–Kier alpha value is -2.86. The summed E-state index contributed by atoms with van der Waals surface area (Å²) < 4.78 is 0. The van der Waals surface area contributed by atoms with Crippen LogP contribution in [0, 0.1) is 0 Å². The highest BCUT2D eigenvalue weighted by Crippen LogP contribution is 2.37. The maximum Gasteiger partial charge on any atom is -0.0136 e. The first kappa shape index (κ1) is 15.4. The molecule has 26 heavy (non-hydrogen) atoms. The molecule has 0 aliphatic carbocycles. The van der Waals surface area contributed by atoms with Gasteiger partial charge < -0.3 is 0 Å². The van der Waals surface area contributed by atoms with Crippen LogP contribution in [0.4, 0.5) is 0 Å². The van der Waals surface area contributed by atoms with Gasteiger partial charge in [0.25, 0.3) is 0 Å². The predicted molar refractivity (Wildman–Crippen MR) is 115 cm³/mol.